The largest absolute Gasteiger partial charge is 0.464 e. The number of hydrogen-bond acceptors (Lipinski definition) is 4. The summed E-state index contributed by atoms with van der Waals surface area (Å²) < 4.78 is 27.5. The maximum Gasteiger partial charge on any atom is 0.422 e. The molecule has 6 nitrogen and oxygen atoms in total. The fraction of sp³-hybridized carbons (Fsp3) is 0.875. The van der Waals surface area contributed by atoms with Gasteiger partial charge >= 0.3 is 16.4 Å². The Balaban J connectivity index is 2.75. The van der Waals surface area contributed by atoms with E-state index in [9.17, 15) is 13.2 Å². The Kier molecular flexibility index (Phi) is 2.97. The molecule has 0 aromatic heterocycles. The van der Waals surface area contributed by atoms with Crippen LogP contribution in [0.5, 0.6) is 0 Å². The molecule has 1 N–H and O–H groups in total. The van der Waals surface area contributed by atoms with E-state index >= 15 is 0 Å². The van der Waals surface area contributed by atoms with Crippen LogP contribution in [0.15, 0.2) is 0 Å². The van der Waals surface area contributed by atoms with Crippen LogP contribution >= 0.6 is 0 Å². The molecule has 0 spiro atoms. The molecule has 1 atom stereocenters. The van der Waals surface area contributed by atoms with Crippen molar-refractivity contribution in [2.45, 2.75) is 33.3 Å². The van der Waals surface area contributed by atoms with Gasteiger partial charge in [0, 0.05) is 0 Å². The van der Waals surface area contributed by atoms with E-state index < -0.39 is 22.5 Å². The first kappa shape index (κ1) is 12.3. The lowest BCUT2D eigenvalue weighted by molar-refractivity contribution is 0.160. The van der Waals surface area contributed by atoms with E-state index in [1.54, 1.807) is 0 Å². The van der Waals surface area contributed by atoms with Crippen LogP contribution in [0.3, 0.4) is 0 Å². The molecule has 1 aliphatic heterocycles. The summed E-state index contributed by atoms with van der Waals surface area (Å²) in [6.45, 7) is 5.69. The van der Waals surface area contributed by atoms with Crippen LogP contribution in [0.1, 0.15) is 27.2 Å². The van der Waals surface area contributed by atoms with E-state index in [4.69, 9.17) is 9.29 Å². The van der Waals surface area contributed by atoms with E-state index in [-0.39, 0.29) is 12.0 Å². The van der Waals surface area contributed by atoms with Gasteiger partial charge in [-0.2, -0.15) is 12.7 Å². The topological polar surface area (TPSA) is 83.9 Å². The zero-order valence-corrected chi connectivity index (χ0v) is 9.74. The molecule has 0 aromatic rings. The minimum atomic E-state index is -4.07. The second kappa shape index (κ2) is 3.64. The summed E-state index contributed by atoms with van der Waals surface area (Å²) in [5, 5.41) is 8.63. The average molecular weight is 237 g/mol. The Hall–Kier alpha value is -0.820. The molecule has 1 heterocycles. The Morgan fingerprint density at radius 2 is 2.07 bits per heavy atom. The molecule has 0 aromatic carbocycles. The van der Waals surface area contributed by atoms with Gasteiger partial charge in [-0.1, -0.05) is 20.8 Å². The van der Waals surface area contributed by atoms with E-state index in [0.717, 1.165) is 0 Å². The average Bonchev–Trinajstić information content (AvgIpc) is 2.20. The van der Waals surface area contributed by atoms with Gasteiger partial charge in [-0.3, -0.25) is 0 Å². The summed E-state index contributed by atoms with van der Waals surface area (Å²) >= 11 is 0. The second-order valence-electron chi connectivity index (χ2n) is 4.75. The molecular weight excluding hydrogens is 222 g/mol. The number of rotatable bonds is 1. The predicted molar refractivity (Wildman–Crippen MR) is 52.6 cm³/mol. The number of hydrogen-bond donors (Lipinski definition) is 1. The Labute approximate surface area is 89.1 Å². The fourth-order valence-electron chi connectivity index (χ4n) is 1.49. The maximum absolute atomic E-state index is 11.2. The Bertz CT molecular complexity index is 356. The van der Waals surface area contributed by atoms with Gasteiger partial charge in [0.25, 0.3) is 0 Å². The highest BCUT2D eigenvalue weighted by molar-refractivity contribution is 7.85. The zero-order valence-electron chi connectivity index (χ0n) is 8.93. The van der Waals surface area contributed by atoms with Gasteiger partial charge in [-0.15, -0.1) is 0 Å². The van der Waals surface area contributed by atoms with Gasteiger partial charge in [0.15, 0.2) is 0 Å². The van der Waals surface area contributed by atoms with Gasteiger partial charge < -0.3 is 5.11 Å². The summed E-state index contributed by atoms with van der Waals surface area (Å²) in [6, 6.07) is 0. The lowest BCUT2D eigenvalue weighted by Crippen LogP contribution is -2.31. The first-order valence-electron chi connectivity index (χ1n) is 4.56. The van der Waals surface area contributed by atoms with Crippen LogP contribution in [0.4, 0.5) is 4.79 Å². The van der Waals surface area contributed by atoms with Crippen molar-refractivity contribution in [2.24, 2.45) is 5.41 Å². The molecule has 15 heavy (non-hydrogen) atoms. The molecule has 1 rings (SSSR count). The molecule has 1 aliphatic rings. The number of carboxylic acid groups (broad SMARTS) is 1. The third kappa shape index (κ3) is 3.07. The second-order valence-corrected chi connectivity index (χ2v) is 6.24. The van der Waals surface area contributed by atoms with Crippen LogP contribution in [0.25, 0.3) is 0 Å². The van der Waals surface area contributed by atoms with Crippen molar-refractivity contribution < 1.29 is 22.5 Å². The monoisotopic (exact) mass is 237 g/mol. The molecule has 1 saturated heterocycles. The van der Waals surface area contributed by atoms with Gasteiger partial charge in [-0.25, -0.2) is 8.98 Å². The number of nitrogens with zero attached hydrogens (tertiary/aromatic N) is 1. The Morgan fingerprint density at radius 1 is 1.53 bits per heavy atom. The van der Waals surface area contributed by atoms with Gasteiger partial charge in [0.05, 0.1) is 12.6 Å². The minimum Gasteiger partial charge on any atom is -0.464 e. The third-order valence-electron chi connectivity index (χ3n) is 1.95. The van der Waals surface area contributed by atoms with Crippen molar-refractivity contribution in [1.29, 1.82) is 0 Å². The minimum absolute atomic E-state index is 0.102. The molecule has 0 radical (unpaired) electrons. The van der Waals surface area contributed by atoms with E-state index in [0.29, 0.717) is 10.7 Å². The molecule has 1 amide bonds. The van der Waals surface area contributed by atoms with Crippen LogP contribution in [0.2, 0.25) is 0 Å². The van der Waals surface area contributed by atoms with Gasteiger partial charge in [0.2, 0.25) is 0 Å². The molecule has 0 aliphatic carbocycles. The predicted octanol–water partition coefficient (Wildman–Crippen LogP) is 1.05. The van der Waals surface area contributed by atoms with Crippen LogP contribution in [-0.4, -0.2) is 36.6 Å². The molecule has 1 fully saturated rings. The van der Waals surface area contributed by atoms with Crippen LogP contribution in [0, 0.1) is 5.41 Å². The summed E-state index contributed by atoms with van der Waals surface area (Å²) in [7, 11) is -4.07. The number of amides is 1. The van der Waals surface area contributed by atoms with Gasteiger partial charge in [0.1, 0.15) is 0 Å². The van der Waals surface area contributed by atoms with Crippen molar-refractivity contribution in [2.75, 3.05) is 6.54 Å². The highest BCUT2D eigenvalue weighted by Crippen LogP contribution is 2.28. The molecule has 1 unspecified atom stereocenters. The van der Waals surface area contributed by atoms with Crippen molar-refractivity contribution in [3.63, 3.8) is 0 Å². The first-order valence-corrected chi connectivity index (χ1v) is 5.92. The van der Waals surface area contributed by atoms with E-state index in [1.165, 1.54) is 0 Å². The van der Waals surface area contributed by atoms with Crippen LogP contribution in [-0.2, 0) is 14.5 Å². The fourth-order valence-corrected chi connectivity index (χ4v) is 2.60. The SMILES string of the molecule is CC(C)(C)CC1CN(C(=O)O)S(=O)(=O)O1. The normalized spacial score (nSPS) is 25.5. The highest BCUT2D eigenvalue weighted by atomic mass is 32.2. The third-order valence-corrected chi connectivity index (χ3v) is 3.31. The lowest BCUT2D eigenvalue weighted by atomic mass is 9.89. The zero-order chi connectivity index (χ0) is 11.9. The first-order chi connectivity index (χ1) is 6.62. The lowest BCUT2D eigenvalue weighted by Gasteiger charge is -2.20. The maximum atomic E-state index is 11.2. The molecule has 7 heteroatoms. The van der Waals surface area contributed by atoms with Crippen molar-refractivity contribution in [3.8, 4) is 0 Å². The molecule has 0 saturated carbocycles. The van der Waals surface area contributed by atoms with Crippen LogP contribution < -0.4 is 0 Å². The van der Waals surface area contributed by atoms with E-state index in [1.807, 2.05) is 20.8 Å². The summed E-state index contributed by atoms with van der Waals surface area (Å²) in [6.07, 6.45) is -1.58. The van der Waals surface area contributed by atoms with E-state index in [2.05, 4.69) is 0 Å². The summed E-state index contributed by atoms with van der Waals surface area (Å²) in [5.41, 5.74) is -0.102. The highest BCUT2D eigenvalue weighted by Gasteiger charge is 2.41. The summed E-state index contributed by atoms with van der Waals surface area (Å²) in [5.74, 6) is 0. The van der Waals surface area contributed by atoms with Crippen molar-refractivity contribution in [3.05, 3.63) is 0 Å². The standard InChI is InChI=1S/C8H15NO5S/c1-8(2,3)4-6-5-9(7(10)11)15(12,13)14-6/h6H,4-5H2,1-3H3,(H,10,11). The smallest absolute Gasteiger partial charge is 0.422 e. The quantitative estimate of drug-likeness (QED) is 0.736. The van der Waals surface area contributed by atoms with Crippen molar-refractivity contribution >= 4 is 16.4 Å². The molecule has 0 bridgehead atoms. The Morgan fingerprint density at radius 3 is 2.40 bits per heavy atom. The molecule has 88 valence electrons. The number of carbonyl (C=O) groups is 1. The molecular formula is C8H15NO5S. The van der Waals surface area contributed by atoms with Gasteiger partial charge in [-0.05, 0) is 11.8 Å². The van der Waals surface area contributed by atoms with Crippen molar-refractivity contribution in [1.82, 2.24) is 4.31 Å². The summed E-state index contributed by atoms with van der Waals surface area (Å²) in [4.78, 5) is 10.6.